The number of halogens is 1. The predicted octanol–water partition coefficient (Wildman–Crippen LogP) is 6.09. The molecule has 4 saturated carbocycles. The number of nitrogens with zero attached hydrogens (tertiary/aromatic N) is 1. The molecule has 2 amide bonds. The second-order valence-electron chi connectivity index (χ2n) is 10.3. The average molecular weight is 580 g/mol. The molecule has 1 aliphatic heterocycles. The van der Waals surface area contributed by atoms with Crippen LogP contribution in [0.4, 0.5) is 0 Å². The van der Waals surface area contributed by atoms with Gasteiger partial charge in [0.2, 0.25) is 5.91 Å². The van der Waals surface area contributed by atoms with Gasteiger partial charge in [-0.15, -0.1) is 0 Å². The maximum Gasteiger partial charge on any atom is 0.285 e. The fraction of sp³-hybridized carbons (Fsp3) is 0.577. The van der Waals surface area contributed by atoms with E-state index in [0.29, 0.717) is 51.7 Å². The normalized spacial score (nSPS) is 30.3. The molecule has 4 aliphatic carbocycles. The highest BCUT2D eigenvalue weighted by atomic mass is 79.9. The molecule has 5 aliphatic rings. The maximum atomic E-state index is 13.5. The van der Waals surface area contributed by atoms with Gasteiger partial charge in [0.05, 0.1) is 28.0 Å². The summed E-state index contributed by atoms with van der Waals surface area (Å²) in [6.45, 7) is 5.05. The highest BCUT2D eigenvalue weighted by Gasteiger charge is 2.55. The fourth-order valence-electron chi connectivity index (χ4n) is 6.60. The van der Waals surface area contributed by atoms with Gasteiger partial charge in [-0.05, 0) is 122 Å². The van der Waals surface area contributed by atoms with E-state index in [2.05, 4.69) is 21.4 Å². The number of thioether (sulfide) groups is 1. The number of rotatable bonds is 8. The molecule has 6 rings (SSSR count). The zero-order valence-corrected chi connectivity index (χ0v) is 23.3. The summed E-state index contributed by atoms with van der Waals surface area (Å²) in [7, 11) is 0. The molecule has 0 atom stereocenters. The highest BCUT2D eigenvalue weighted by Crippen LogP contribution is 2.60. The first-order valence-electron chi connectivity index (χ1n) is 12.5. The van der Waals surface area contributed by atoms with E-state index in [4.69, 9.17) is 21.7 Å². The van der Waals surface area contributed by atoms with Crippen LogP contribution in [0.25, 0.3) is 6.08 Å². The second kappa shape index (κ2) is 10.1. The summed E-state index contributed by atoms with van der Waals surface area (Å²) >= 11 is 10.3. The Morgan fingerprint density at radius 3 is 2.46 bits per heavy atom. The summed E-state index contributed by atoms with van der Waals surface area (Å²) in [5.41, 5.74) is 3.36. The number of benzene rings is 1. The van der Waals surface area contributed by atoms with Crippen LogP contribution in [0.15, 0.2) is 21.5 Å². The average Bonchev–Trinajstić information content (AvgIpc) is 3.05. The quantitative estimate of drug-likeness (QED) is 0.297. The third-order valence-corrected chi connectivity index (χ3v) is 9.50. The van der Waals surface area contributed by atoms with E-state index >= 15 is 0 Å². The van der Waals surface area contributed by atoms with Gasteiger partial charge in [0.25, 0.3) is 5.91 Å². The van der Waals surface area contributed by atoms with Gasteiger partial charge in [-0.3, -0.25) is 15.0 Å². The summed E-state index contributed by atoms with van der Waals surface area (Å²) < 4.78 is 12.8. The molecule has 9 heteroatoms. The number of thiocarbonyl (C=S) groups is 1. The Morgan fingerprint density at radius 2 is 1.86 bits per heavy atom. The Morgan fingerprint density at radius 1 is 1.20 bits per heavy atom. The minimum atomic E-state index is -0.340. The second-order valence-corrected chi connectivity index (χ2v) is 12.8. The van der Waals surface area contributed by atoms with Crippen LogP contribution in [-0.2, 0) is 9.59 Å². The van der Waals surface area contributed by atoms with Crippen molar-refractivity contribution in [2.45, 2.75) is 58.8 Å². The van der Waals surface area contributed by atoms with Crippen LogP contribution in [0.3, 0.4) is 0 Å². The molecule has 1 aromatic rings. The molecule has 1 heterocycles. The van der Waals surface area contributed by atoms with Gasteiger partial charge in [-0.25, -0.2) is 0 Å². The van der Waals surface area contributed by atoms with Gasteiger partial charge in [-0.1, -0.05) is 18.7 Å². The Bertz CT molecular complexity index is 1050. The zero-order valence-electron chi connectivity index (χ0n) is 20.1. The number of carbonyl (C=O) groups is 2. The summed E-state index contributed by atoms with van der Waals surface area (Å²) in [5, 5.41) is 1.27. The lowest BCUT2D eigenvalue weighted by atomic mass is 9.49. The van der Waals surface area contributed by atoms with Crippen LogP contribution in [0.5, 0.6) is 11.5 Å². The number of hydrogen-bond donors (Lipinski definition) is 1. The minimum Gasteiger partial charge on any atom is -0.490 e. The van der Waals surface area contributed by atoms with Gasteiger partial charge < -0.3 is 9.47 Å². The molecule has 1 N–H and O–H groups in total. The molecule has 1 aromatic carbocycles. The molecule has 0 spiro atoms. The van der Waals surface area contributed by atoms with Gasteiger partial charge in [0.1, 0.15) is 0 Å². The first-order valence-corrected chi connectivity index (χ1v) is 14.5. The van der Waals surface area contributed by atoms with Crippen molar-refractivity contribution >= 4 is 62.1 Å². The number of ether oxygens (including phenoxy) is 2. The largest absolute Gasteiger partial charge is 0.490 e. The Labute approximate surface area is 224 Å². The topological polar surface area (TPSA) is 67.9 Å². The Kier molecular flexibility index (Phi) is 7.21. The third kappa shape index (κ3) is 4.88. The molecule has 1 saturated heterocycles. The lowest BCUT2D eigenvalue weighted by Crippen LogP contribution is -2.57. The SMILES string of the molecule is CCCOc1c(Br)cc(/C=C2\SC(=S)N(NC(=O)C34CC5CC(CC(C5)C3)C4)C2=O)cc1OCC. The number of carbonyl (C=O) groups excluding carboxylic acids is 2. The third-order valence-electron chi connectivity index (χ3n) is 7.61. The molecule has 5 fully saturated rings. The standard InChI is InChI=1S/C26H31BrN2O4S2/c1-3-5-33-22-19(27)9-15(10-20(22)32-4-2)11-21-23(30)29(25(34)35-21)28-24(31)26-12-16-6-17(13-26)8-18(7-16)14-26/h9-11,16-18H,3-8,12-14H2,1-2H3,(H,28,31)/b21-11-. The van der Waals surface area contributed by atoms with Gasteiger partial charge >= 0.3 is 0 Å². The van der Waals surface area contributed by atoms with Crippen LogP contribution in [0, 0.1) is 23.2 Å². The summed E-state index contributed by atoms with van der Waals surface area (Å²) in [6.07, 6.45) is 9.28. The molecule has 0 aromatic heterocycles. The van der Waals surface area contributed by atoms with Crippen molar-refractivity contribution in [1.82, 2.24) is 10.4 Å². The number of hydrogen-bond acceptors (Lipinski definition) is 6. The van der Waals surface area contributed by atoms with Gasteiger partial charge in [0, 0.05) is 0 Å². The summed E-state index contributed by atoms with van der Waals surface area (Å²) in [4.78, 5) is 27.2. The van der Waals surface area contributed by atoms with E-state index in [0.717, 1.165) is 35.7 Å². The predicted molar refractivity (Wildman–Crippen MR) is 145 cm³/mol. The monoisotopic (exact) mass is 578 g/mol. The summed E-state index contributed by atoms with van der Waals surface area (Å²) in [5.74, 6) is 2.90. The fourth-order valence-corrected chi connectivity index (χ4v) is 8.36. The molecule has 0 unspecified atom stereocenters. The Balaban J connectivity index is 1.33. The molecule has 35 heavy (non-hydrogen) atoms. The zero-order chi connectivity index (χ0) is 24.7. The first-order chi connectivity index (χ1) is 16.8. The van der Waals surface area contributed by atoms with E-state index in [1.54, 1.807) is 6.08 Å². The van der Waals surface area contributed by atoms with Crippen LogP contribution in [0.2, 0.25) is 0 Å². The van der Waals surface area contributed by atoms with Crippen molar-refractivity contribution in [3.8, 4) is 11.5 Å². The van der Waals surface area contributed by atoms with Crippen molar-refractivity contribution in [3.63, 3.8) is 0 Å². The van der Waals surface area contributed by atoms with Crippen LogP contribution in [-0.4, -0.2) is 34.4 Å². The summed E-state index contributed by atoms with van der Waals surface area (Å²) in [6, 6.07) is 3.76. The highest BCUT2D eigenvalue weighted by molar-refractivity contribution is 9.10. The maximum absolute atomic E-state index is 13.5. The van der Waals surface area contributed by atoms with Crippen molar-refractivity contribution in [2.75, 3.05) is 13.2 Å². The first kappa shape index (κ1) is 25.1. The van der Waals surface area contributed by atoms with Gasteiger partial charge in [-0.2, -0.15) is 5.01 Å². The molecular formula is C26H31BrN2O4S2. The van der Waals surface area contributed by atoms with E-state index in [-0.39, 0.29) is 17.2 Å². The lowest BCUT2D eigenvalue weighted by Gasteiger charge is -2.55. The molecule has 188 valence electrons. The smallest absolute Gasteiger partial charge is 0.285 e. The van der Waals surface area contributed by atoms with Crippen LogP contribution >= 0.6 is 39.9 Å². The minimum absolute atomic E-state index is 0.0343. The van der Waals surface area contributed by atoms with Gasteiger partial charge in [0.15, 0.2) is 15.8 Å². The van der Waals surface area contributed by atoms with E-state index in [1.165, 1.54) is 36.0 Å². The number of amides is 2. The van der Waals surface area contributed by atoms with E-state index in [1.807, 2.05) is 26.0 Å². The number of nitrogens with one attached hydrogen (secondary N) is 1. The van der Waals surface area contributed by atoms with E-state index < -0.39 is 0 Å². The Hall–Kier alpha value is -1.58. The number of hydrazine groups is 1. The van der Waals surface area contributed by atoms with Crippen LogP contribution in [0.1, 0.15) is 64.4 Å². The van der Waals surface area contributed by atoms with E-state index in [9.17, 15) is 9.59 Å². The van der Waals surface area contributed by atoms with Crippen molar-refractivity contribution < 1.29 is 19.1 Å². The van der Waals surface area contributed by atoms with Crippen molar-refractivity contribution in [2.24, 2.45) is 23.2 Å². The molecular weight excluding hydrogens is 548 g/mol. The van der Waals surface area contributed by atoms with Crippen molar-refractivity contribution in [3.05, 3.63) is 27.1 Å². The van der Waals surface area contributed by atoms with Crippen LogP contribution < -0.4 is 14.9 Å². The lowest BCUT2D eigenvalue weighted by molar-refractivity contribution is -0.152. The van der Waals surface area contributed by atoms with Crippen molar-refractivity contribution in [1.29, 1.82) is 0 Å². The molecule has 0 radical (unpaired) electrons. The molecule has 4 bridgehead atoms. The molecule has 6 nitrogen and oxygen atoms in total.